The van der Waals surface area contributed by atoms with Gasteiger partial charge >= 0.3 is 0 Å². The molecule has 0 aliphatic rings. The van der Waals surface area contributed by atoms with Crippen molar-refractivity contribution in [1.82, 2.24) is 5.32 Å². The molecule has 0 unspecified atom stereocenters. The molecule has 0 amide bonds. The molecule has 0 saturated carbocycles. The van der Waals surface area contributed by atoms with E-state index in [0.717, 1.165) is 5.56 Å². The fourth-order valence-corrected chi connectivity index (χ4v) is 1.24. The van der Waals surface area contributed by atoms with Crippen LogP contribution in [0, 0.1) is 16.7 Å². The lowest BCUT2D eigenvalue weighted by molar-refractivity contribution is 0.402. The van der Waals surface area contributed by atoms with Crippen LogP contribution in [0.2, 0.25) is 0 Å². The molecule has 0 aliphatic heterocycles. The first kappa shape index (κ1) is 12.3. The first-order valence-corrected chi connectivity index (χ1v) is 5.07. The SMILES string of the molecule is CC(C)(C#N)CNCc1ccc(O)c(O)c1. The summed E-state index contributed by atoms with van der Waals surface area (Å²) in [5, 5.41) is 30.3. The zero-order valence-electron chi connectivity index (χ0n) is 9.49. The number of rotatable bonds is 4. The highest BCUT2D eigenvalue weighted by molar-refractivity contribution is 5.40. The lowest BCUT2D eigenvalue weighted by atomic mass is 9.96. The van der Waals surface area contributed by atoms with E-state index < -0.39 is 5.41 Å². The Hall–Kier alpha value is -1.73. The van der Waals surface area contributed by atoms with E-state index in [-0.39, 0.29) is 11.5 Å². The largest absolute Gasteiger partial charge is 0.504 e. The summed E-state index contributed by atoms with van der Waals surface area (Å²) in [7, 11) is 0. The van der Waals surface area contributed by atoms with Crippen molar-refractivity contribution in [3.63, 3.8) is 0 Å². The Balaban J connectivity index is 2.50. The lowest BCUT2D eigenvalue weighted by Crippen LogP contribution is -2.27. The first-order chi connectivity index (χ1) is 7.44. The molecule has 0 atom stereocenters. The van der Waals surface area contributed by atoms with Crippen LogP contribution in [-0.2, 0) is 6.54 Å². The van der Waals surface area contributed by atoms with E-state index in [9.17, 15) is 5.11 Å². The minimum atomic E-state index is -0.404. The van der Waals surface area contributed by atoms with Gasteiger partial charge in [-0.3, -0.25) is 0 Å². The van der Waals surface area contributed by atoms with E-state index in [2.05, 4.69) is 11.4 Å². The number of phenols is 2. The van der Waals surface area contributed by atoms with Crippen LogP contribution in [0.25, 0.3) is 0 Å². The van der Waals surface area contributed by atoms with Crippen LogP contribution in [0.5, 0.6) is 11.5 Å². The second kappa shape index (κ2) is 4.86. The second-order valence-corrected chi connectivity index (χ2v) is 4.42. The monoisotopic (exact) mass is 220 g/mol. The summed E-state index contributed by atoms with van der Waals surface area (Å²) in [6, 6.07) is 6.87. The molecular formula is C12H16N2O2. The third-order valence-corrected chi connectivity index (χ3v) is 2.24. The molecule has 0 spiro atoms. The first-order valence-electron chi connectivity index (χ1n) is 5.07. The summed E-state index contributed by atoms with van der Waals surface area (Å²) >= 11 is 0. The minimum absolute atomic E-state index is 0.124. The predicted octanol–water partition coefficient (Wildman–Crippen LogP) is 1.74. The van der Waals surface area contributed by atoms with Crippen LogP contribution in [0.3, 0.4) is 0 Å². The van der Waals surface area contributed by atoms with Crippen molar-refractivity contribution in [3.05, 3.63) is 23.8 Å². The summed E-state index contributed by atoms with van der Waals surface area (Å²) in [4.78, 5) is 0. The van der Waals surface area contributed by atoms with E-state index in [1.165, 1.54) is 12.1 Å². The maximum Gasteiger partial charge on any atom is 0.157 e. The van der Waals surface area contributed by atoms with Gasteiger partial charge < -0.3 is 15.5 Å². The molecule has 16 heavy (non-hydrogen) atoms. The van der Waals surface area contributed by atoms with Crippen molar-refractivity contribution < 1.29 is 10.2 Å². The minimum Gasteiger partial charge on any atom is -0.504 e. The van der Waals surface area contributed by atoms with E-state index in [1.807, 2.05) is 13.8 Å². The number of nitriles is 1. The number of aromatic hydroxyl groups is 2. The smallest absolute Gasteiger partial charge is 0.157 e. The van der Waals surface area contributed by atoms with Crippen molar-refractivity contribution in [2.75, 3.05) is 6.54 Å². The number of nitrogens with zero attached hydrogens (tertiary/aromatic N) is 1. The predicted molar refractivity (Wildman–Crippen MR) is 60.9 cm³/mol. The molecule has 3 N–H and O–H groups in total. The van der Waals surface area contributed by atoms with Gasteiger partial charge in [-0.05, 0) is 31.5 Å². The Morgan fingerprint density at radius 1 is 1.31 bits per heavy atom. The quantitative estimate of drug-likeness (QED) is 0.675. The number of hydrogen-bond donors (Lipinski definition) is 3. The fraction of sp³-hybridized carbons (Fsp3) is 0.417. The third kappa shape index (κ3) is 3.44. The van der Waals surface area contributed by atoms with Crippen LogP contribution in [0.4, 0.5) is 0 Å². The van der Waals surface area contributed by atoms with E-state index >= 15 is 0 Å². The maximum absolute atomic E-state index is 9.28. The number of benzene rings is 1. The highest BCUT2D eigenvalue weighted by Crippen LogP contribution is 2.24. The van der Waals surface area contributed by atoms with Crippen molar-refractivity contribution in [2.45, 2.75) is 20.4 Å². The van der Waals surface area contributed by atoms with Gasteiger partial charge in [0.25, 0.3) is 0 Å². The standard InChI is InChI=1S/C12H16N2O2/c1-12(2,7-13)8-14-6-9-3-4-10(15)11(16)5-9/h3-5,14-16H,6,8H2,1-2H3. The fourth-order valence-electron chi connectivity index (χ4n) is 1.24. The molecule has 86 valence electrons. The van der Waals surface area contributed by atoms with Crippen molar-refractivity contribution in [1.29, 1.82) is 5.26 Å². The van der Waals surface area contributed by atoms with Gasteiger partial charge in [0, 0.05) is 13.1 Å². The van der Waals surface area contributed by atoms with E-state index in [1.54, 1.807) is 6.07 Å². The van der Waals surface area contributed by atoms with E-state index in [0.29, 0.717) is 13.1 Å². The molecule has 0 radical (unpaired) electrons. The summed E-state index contributed by atoms with van der Waals surface area (Å²) in [6.45, 7) is 4.84. The lowest BCUT2D eigenvalue weighted by Gasteiger charge is -2.15. The average Bonchev–Trinajstić information content (AvgIpc) is 2.23. The normalized spacial score (nSPS) is 11.1. The summed E-state index contributed by atoms with van der Waals surface area (Å²) < 4.78 is 0. The Kier molecular flexibility index (Phi) is 3.75. The zero-order valence-corrected chi connectivity index (χ0v) is 9.49. The highest BCUT2D eigenvalue weighted by Gasteiger charge is 2.15. The van der Waals surface area contributed by atoms with Crippen molar-refractivity contribution in [3.8, 4) is 17.6 Å². The molecule has 4 heteroatoms. The van der Waals surface area contributed by atoms with Gasteiger partial charge in [0.1, 0.15) is 0 Å². The van der Waals surface area contributed by atoms with Gasteiger partial charge in [-0.15, -0.1) is 0 Å². The highest BCUT2D eigenvalue weighted by atomic mass is 16.3. The Bertz CT molecular complexity index is 408. The molecule has 0 heterocycles. The average molecular weight is 220 g/mol. The van der Waals surface area contributed by atoms with Crippen LogP contribution in [-0.4, -0.2) is 16.8 Å². The van der Waals surface area contributed by atoms with Gasteiger partial charge in [0.2, 0.25) is 0 Å². The van der Waals surface area contributed by atoms with Crippen LogP contribution < -0.4 is 5.32 Å². The van der Waals surface area contributed by atoms with Gasteiger partial charge in [0.15, 0.2) is 11.5 Å². The van der Waals surface area contributed by atoms with Crippen LogP contribution >= 0.6 is 0 Å². The summed E-state index contributed by atoms with van der Waals surface area (Å²) in [5.41, 5.74) is 0.461. The molecule has 1 aromatic rings. The maximum atomic E-state index is 9.28. The molecule has 0 aromatic heterocycles. The Labute approximate surface area is 95.2 Å². The Morgan fingerprint density at radius 2 is 2.00 bits per heavy atom. The molecule has 0 bridgehead atoms. The molecule has 1 aromatic carbocycles. The number of nitrogens with one attached hydrogen (secondary N) is 1. The van der Waals surface area contributed by atoms with Crippen LogP contribution in [0.15, 0.2) is 18.2 Å². The van der Waals surface area contributed by atoms with E-state index in [4.69, 9.17) is 10.4 Å². The molecule has 0 aliphatic carbocycles. The second-order valence-electron chi connectivity index (χ2n) is 4.42. The molecule has 0 saturated heterocycles. The summed E-state index contributed by atoms with van der Waals surface area (Å²) in [5.74, 6) is -0.250. The third-order valence-electron chi connectivity index (χ3n) is 2.24. The molecular weight excluding hydrogens is 204 g/mol. The van der Waals surface area contributed by atoms with Gasteiger partial charge in [-0.25, -0.2) is 0 Å². The van der Waals surface area contributed by atoms with Gasteiger partial charge in [0.05, 0.1) is 11.5 Å². The van der Waals surface area contributed by atoms with Crippen molar-refractivity contribution in [2.24, 2.45) is 5.41 Å². The molecule has 4 nitrogen and oxygen atoms in total. The number of phenolic OH excluding ortho intramolecular Hbond substituents is 2. The zero-order chi connectivity index (χ0) is 12.2. The van der Waals surface area contributed by atoms with Gasteiger partial charge in [-0.1, -0.05) is 6.07 Å². The number of hydrogen-bond acceptors (Lipinski definition) is 4. The Morgan fingerprint density at radius 3 is 2.56 bits per heavy atom. The van der Waals surface area contributed by atoms with Crippen LogP contribution in [0.1, 0.15) is 19.4 Å². The van der Waals surface area contributed by atoms with Crippen molar-refractivity contribution >= 4 is 0 Å². The molecule has 1 rings (SSSR count). The topological polar surface area (TPSA) is 76.3 Å². The summed E-state index contributed by atoms with van der Waals surface area (Å²) in [6.07, 6.45) is 0. The molecule has 0 fully saturated rings. The van der Waals surface area contributed by atoms with Gasteiger partial charge in [-0.2, -0.15) is 5.26 Å².